The second-order valence-electron chi connectivity index (χ2n) is 28.8. The number of rotatable bonds is 32. The third kappa shape index (κ3) is 26.3. The fourth-order valence-electron chi connectivity index (χ4n) is 11.9. The number of aliphatic hydroxyl groups excluding tert-OH is 1. The van der Waals surface area contributed by atoms with Crippen LogP contribution in [-0.2, 0) is 78.3 Å². The van der Waals surface area contributed by atoms with Gasteiger partial charge in [-0.3, -0.25) is 62.3 Å². The first-order valence-corrected chi connectivity index (χ1v) is 36.7. The maximum Gasteiger partial charge on any atom is 0.329 e. The maximum absolute atomic E-state index is 15.1. The van der Waals surface area contributed by atoms with E-state index in [1.54, 1.807) is 134 Å². The largest absolute Gasteiger partial charge is 0.458 e. The summed E-state index contributed by atoms with van der Waals surface area (Å²) in [6, 6.07) is -7.50. The zero-order valence-corrected chi connectivity index (χ0v) is 63.7. The van der Waals surface area contributed by atoms with Gasteiger partial charge in [0.2, 0.25) is 70.9 Å². The van der Waals surface area contributed by atoms with E-state index in [0.717, 1.165) is 0 Å². The monoisotopic (exact) mass is 1450 g/mol. The Labute approximate surface area is 607 Å². The SMILES string of the molecule is C/C=C1\NC(=O)[C@H](Cc2ccccc2)NC(=O)[C@@H](C(C)CC)NC(=O)[C@@H](C(C)CC)NC(=O)[C@H](NC(=O)[C@H](NC(=O)[C@@H](CCCN)NC(=O)[C@H]2CCCN2C(=O)[C@H](NC(=O)[C@H](NC(=O)[C@@H](NC(=O)[C@H](NC(=O)CCC)C(C)O)C(C)C)C(C)C)C(C)C)C(C)CC)[C@@H](C)OC(=O)[C@H](C(C)C)NC1=O. The van der Waals surface area contributed by atoms with Gasteiger partial charge < -0.3 is 84.3 Å². The van der Waals surface area contributed by atoms with Gasteiger partial charge in [0.25, 0.3) is 5.91 Å². The molecule has 3 rings (SSSR count). The fraction of sp³-hybridized carbons (Fsp3) is 0.699. The molecule has 15 N–H and O–H groups in total. The van der Waals surface area contributed by atoms with E-state index >= 15 is 9.59 Å². The van der Waals surface area contributed by atoms with E-state index in [2.05, 4.69) is 63.8 Å². The smallest absolute Gasteiger partial charge is 0.329 e. The molecule has 0 spiro atoms. The minimum absolute atomic E-state index is 0.0322. The van der Waals surface area contributed by atoms with E-state index in [9.17, 15) is 62.6 Å². The highest BCUT2D eigenvalue weighted by Gasteiger charge is 2.44. The van der Waals surface area contributed by atoms with Gasteiger partial charge in [-0.1, -0.05) is 160 Å². The number of hydrogen-bond acceptors (Lipinski definition) is 17. The normalized spacial score (nSPS) is 23.0. The van der Waals surface area contributed by atoms with Crippen molar-refractivity contribution in [3.8, 4) is 0 Å². The number of carbonyl (C=O) groups excluding carboxylic acids is 14. The Bertz CT molecular complexity index is 3110. The van der Waals surface area contributed by atoms with Gasteiger partial charge in [-0.2, -0.15) is 0 Å². The summed E-state index contributed by atoms with van der Waals surface area (Å²) in [6.07, 6.45) is 0.562. The van der Waals surface area contributed by atoms with Crippen LogP contribution in [0.1, 0.15) is 188 Å². The molecule has 2 aliphatic heterocycles. The number of aliphatic hydroxyl groups is 1. The van der Waals surface area contributed by atoms with Crippen LogP contribution in [-0.4, -0.2) is 191 Å². The van der Waals surface area contributed by atoms with Crippen LogP contribution >= 0.6 is 0 Å². The molecule has 17 atom stereocenters. The van der Waals surface area contributed by atoms with Crippen molar-refractivity contribution in [3.63, 3.8) is 0 Å². The van der Waals surface area contributed by atoms with Gasteiger partial charge in [0, 0.05) is 19.4 Å². The molecule has 0 radical (unpaired) electrons. The molecule has 0 bridgehead atoms. The zero-order chi connectivity index (χ0) is 77.9. The van der Waals surface area contributed by atoms with E-state index in [4.69, 9.17) is 10.5 Å². The number of ether oxygens (including phenoxy) is 1. The first kappa shape index (κ1) is 88.7. The molecule has 1 aromatic rings. The number of benzene rings is 1. The molecular formula is C73H120N14O16. The summed E-state index contributed by atoms with van der Waals surface area (Å²) in [5, 5.41) is 42.8. The van der Waals surface area contributed by atoms with E-state index < -0.39 is 209 Å². The number of likely N-dealkylation sites (tertiary alicyclic amines) is 1. The molecule has 2 fully saturated rings. The van der Waals surface area contributed by atoms with E-state index in [0.29, 0.717) is 31.2 Å². The predicted molar refractivity (Wildman–Crippen MR) is 386 cm³/mol. The van der Waals surface area contributed by atoms with Crippen LogP contribution in [0.3, 0.4) is 0 Å². The summed E-state index contributed by atoms with van der Waals surface area (Å²) >= 11 is 0. The van der Waals surface area contributed by atoms with Gasteiger partial charge >= 0.3 is 5.97 Å². The standard InChI is InChI=1S/C73H120N14O16/c1-19-29-51(89)78-59(44(17)88)70(99)80-52(37(6)7)65(94)79-53(38(8)9)66(95)81-54(39(10)11)72(101)87-35-28-33-50(87)64(93)76-48(32-27-34-74)62(91)83-57(42(15)21-3)69(98)86-60-45(18)103-73(102)55(40(12)13)82-61(90)47(23-5)75-63(92)49(36-46-30-25-24-26-31-46)77-67(96)56(41(14)20-2)84-68(97)58(43(16)22-4)85-71(60)100/h23-26,30-31,37-45,48-50,52-60,88H,19-22,27-29,32-36,74H2,1-18H3,(H,75,92)(H,76,93)(H,77,96)(H,78,89)(H,79,94)(H,80,99)(H,81,95)(H,82,90)(H,83,91)(H,84,97)(H,85,100)(H,86,98)/b47-23-/t41?,42?,43?,44?,45-,48-,49+,50-,52+,53-,54-,55+,56-,57-,58-,59-,60-/m1/s1. The van der Waals surface area contributed by atoms with Gasteiger partial charge in [0.05, 0.1) is 6.10 Å². The van der Waals surface area contributed by atoms with Gasteiger partial charge in [-0.05, 0) is 106 Å². The molecule has 0 saturated carbocycles. The Morgan fingerprint density at radius 2 is 1.15 bits per heavy atom. The Kier molecular flexibility index (Phi) is 36.9. The minimum Gasteiger partial charge on any atom is -0.458 e. The molecular weight excluding hydrogens is 1330 g/mol. The number of nitrogens with one attached hydrogen (secondary N) is 12. The van der Waals surface area contributed by atoms with Crippen molar-refractivity contribution in [1.82, 2.24) is 68.7 Å². The van der Waals surface area contributed by atoms with Crippen molar-refractivity contribution < 1.29 is 77.0 Å². The lowest BCUT2D eigenvalue weighted by Gasteiger charge is -2.34. The molecule has 0 aromatic heterocycles. The first-order chi connectivity index (χ1) is 48.4. The molecule has 0 aliphatic carbocycles. The van der Waals surface area contributed by atoms with Gasteiger partial charge in [-0.15, -0.1) is 0 Å². The lowest BCUT2D eigenvalue weighted by atomic mass is 9.94. The number of carbonyl (C=O) groups is 14. The molecule has 13 amide bonds. The van der Waals surface area contributed by atoms with Crippen molar-refractivity contribution in [2.24, 2.45) is 47.2 Å². The number of cyclic esters (lactones) is 1. The van der Waals surface area contributed by atoms with E-state index in [1.807, 2.05) is 0 Å². The van der Waals surface area contributed by atoms with Gasteiger partial charge in [0.15, 0.2) is 0 Å². The van der Waals surface area contributed by atoms with Crippen LogP contribution in [0.4, 0.5) is 0 Å². The average molecular weight is 1450 g/mol. The predicted octanol–water partition coefficient (Wildman–Crippen LogP) is 1.20. The number of esters is 1. The van der Waals surface area contributed by atoms with Crippen LogP contribution in [0.2, 0.25) is 0 Å². The Hall–Kier alpha value is -8.54. The summed E-state index contributed by atoms with van der Waals surface area (Å²) in [6.45, 7) is 29.7. The highest BCUT2D eigenvalue weighted by Crippen LogP contribution is 2.23. The second-order valence-corrected chi connectivity index (χ2v) is 28.8. The summed E-state index contributed by atoms with van der Waals surface area (Å²) in [5.41, 5.74) is 6.35. The van der Waals surface area contributed by atoms with Gasteiger partial charge in [0.1, 0.15) is 84.3 Å². The van der Waals surface area contributed by atoms with Gasteiger partial charge in [-0.25, -0.2) is 4.79 Å². The lowest BCUT2D eigenvalue weighted by molar-refractivity contribution is -0.157. The molecule has 2 heterocycles. The molecule has 1 aromatic carbocycles. The summed E-state index contributed by atoms with van der Waals surface area (Å²) < 4.78 is 5.97. The maximum atomic E-state index is 15.1. The molecule has 578 valence electrons. The zero-order valence-electron chi connectivity index (χ0n) is 63.7. The molecule has 103 heavy (non-hydrogen) atoms. The van der Waals surface area contributed by atoms with Crippen molar-refractivity contribution in [2.45, 2.75) is 274 Å². The van der Waals surface area contributed by atoms with Crippen LogP contribution in [0, 0.1) is 41.4 Å². The van der Waals surface area contributed by atoms with Crippen LogP contribution in [0.15, 0.2) is 42.1 Å². The number of amides is 13. The average Bonchev–Trinajstić information content (AvgIpc) is 1.80. The highest BCUT2D eigenvalue weighted by molar-refractivity contribution is 6.03. The number of allylic oxidation sites excluding steroid dienone is 1. The summed E-state index contributed by atoms with van der Waals surface area (Å²) in [4.78, 5) is 202. The number of hydrogen-bond donors (Lipinski definition) is 14. The number of nitrogens with two attached hydrogens (primary N) is 1. The Balaban J connectivity index is 2.03. The third-order valence-corrected chi connectivity index (χ3v) is 19.1. The molecule has 4 unspecified atom stereocenters. The van der Waals surface area contributed by atoms with Crippen LogP contribution in [0.5, 0.6) is 0 Å². The first-order valence-electron chi connectivity index (χ1n) is 36.7. The molecule has 2 saturated heterocycles. The van der Waals surface area contributed by atoms with Crippen LogP contribution in [0.25, 0.3) is 0 Å². The van der Waals surface area contributed by atoms with Crippen molar-refractivity contribution in [1.29, 1.82) is 0 Å². The second kappa shape index (κ2) is 42.9. The van der Waals surface area contributed by atoms with Crippen LogP contribution < -0.4 is 69.5 Å². The highest BCUT2D eigenvalue weighted by atomic mass is 16.5. The molecule has 30 heteroatoms. The lowest BCUT2D eigenvalue weighted by Crippen LogP contribution is -2.64. The van der Waals surface area contributed by atoms with E-state index in [1.165, 1.54) is 31.7 Å². The van der Waals surface area contributed by atoms with Crippen molar-refractivity contribution >= 4 is 82.8 Å². The minimum atomic E-state index is -1.82. The molecule has 30 nitrogen and oxygen atoms in total. The summed E-state index contributed by atoms with van der Waals surface area (Å²) in [5.74, 6) is -15.4. The van der Waals surface area contributed by atoms with E-state index in [-0.39, 0.29) is 57.3 Å². The Morgan fingerprint density at radius 1 is 0.621 bits per heavy atom. The third-order valence-electron chi connectivity index (χ3n) is 19.1. The summed E-state index contributed by atoms with van der Waals surface area (Å²) in [7, 11) is 0. The molecule has 2 aliphatic rings. The van der Waals surface area contributed by atoms with Crippen molar-refractivity contribution in [2.75, 3.05) is 13.1 Å². The Morgan fingerprint density at radius 3 is 1.64 bits per heavy atom. The number of nitrogens with zero attached hydrogens (tertiary/aromatic N) is 1. The topological polar surface area (TPSA) is 442 Å². The quantitative estimate of drug-likeness (QED) is 0.0356. The fourth-order valence-corrected chi connectivity index (χ4v) is 11.9. The van der Waals surface area contributed by atoms with Crippen molar-refractivity contribution in [3.05, 3.63) is 47.7 Å².